The number of nitro benzene ring substituents is 1. The van der Waals surface area contributed by atoms with Gasteiger partial charge in [-0.2, -0.15) is 0 Å². The van der Waals surface area contributed by atoms with Crippen molar-refractivity contribution in [3.63, 3.8) is 0 Å². The van der Waals surface area contributed by atoms with Crippen molar-refractivity contribution in [2.75, 3.05) is 39.4 Å². The first-order chi connectivity index (χ1) is 14.4. The Kier molecular flexibility index (Phi) is 5.24. The highest BCUT2D eigenvalue weighted by atomic mass is 31.2. The van der Waals surface area contributed by atoms with E-state index in [0.29, 0.717) is 13.2 Å². The lowest BCUT2D eigenvalue weighted by Gasteiger charge is -2.35. The monoisotopic (exact) mass is 437 g/mol. The van der Waals surface area contributed by atoms with Crippen LogP contribution in [0.5, 0.6) is 0 Å². The SMILES string of the molecule is CC(OP(=O)(N1CC1)N1CC1)c1ccc([N+](=O)[O-])c(C2CCC3(CC2)OCCO3)c1. The van der Waals surface area contributed by atoms with Gasteiger partial charge in [-0.1, -0.05) is 0 Å². The third-order valence-corrected chi connectivity index (χ3v) is 9.40. The molecule has 0 radical (unpaired) electrons. The second-order valence-electron chi connectivity index (χ2n) is 8.60. The Balaban J connectivity index is 1.36. The van der Waals surface area contributed by atoms with E-state index in [-0.39, 0.29) is 16.5 Å². The van der Waals surface area contributed by atoms with E-state index in [0.717, 1.165) is 63.0 Å². The van der Waals surface area contributed by atoms with Crippen molar-refractivity contribution >= 4 is 13.4 Å². The zero-order valence-electron chi connectivity index (χ0n) is 17.2. The Morgan fingerprint density at radius 2 is 1.77 bits per heavy atom. The first-order valence-corrected chi connectivity index (χ1v) is 12.3. The molecule has 1 saturated carbocycles. The third kappa shape index (κ3) is 3.83. The van der Waals surface area contributed by atoms with Gasteiger partial charge in [0, 0.05) is 50.7 Å². The van der Waals surface area contributed by atoms with Crippen molar-refractivity contribution in [1.29, 1.82) is 0 Å². The minimum atomic E-state index is -2.96. The van der Waals surface area contributed by atoms with E-state index in [1.807, 2.05) is 22.3 Å². The number of hydrogen-bond acceptors (Lipinski definition) is 6. The molecule has 164 valence electrons. The molecule has 9 nitrogen and oxygen atoms in total. The van der Waals surface area contributed by atoms with Crippen molar-refractivity contribution < 1.29 is 23.5 Å². The molecule has 3 aliphatic heterocycles. The summed E-state index contributed by atoms with van der Waals surface area (Å²) in [6.07, 6.45) is 2.63. The molecule has 30 heavy (non-hydrogen) atoms. The topological polar surface area (TPSA) is 93.9 Å². The second kappa shape index (κ2) is 7.65. The van der Waals surface area contributed by atoms with Crippen molar-refractivity contribution in [2.45, 2.75) is 50.4 Å². The van der Waals surface area contributed by atoms with Gasteiger partial charge < -0.3 is 9.47 Å². The van der Waals surface area contributed by atoms with E-state index in [2.05, 4.69) is 0 Å². The molecule has 5 rings (SSSR count). The van der Waals surface area contributed by atoms with Crippen molar-refractivity contribution in [1.82, 2.24) is 9.34 Å². The van der Waals surface area contributed by atoms with Crippen LogP contribution in [0, 0.1) is 10.1 Å². The Morgan fingerprint density at radius 3 is 2.30 bits per heavy atom. The summed E-state index contributed by atoms with van der Waals surface area (Å²) in [6, 6.07) is 5.18. The zero-order valence-corrected chi connectivity index (χ0v) is 18.1. The van der Waals surface area contributed by atoms with Gasteiger partial charge >= 0.3 is 7.67 Å². The summed E-state index contributed by atoms with van der Waals surface area (Å²) in [5.74, 6) is -0.425. The van der Waals surface area contributed by atoms with Crippen LogP contribution in [0.25, 0.3) is 0 Å². The van der Waals surface area contributed by atoms with Crippen LogP contribution in [-0.2, 0) is 18.6 Å². The van der Waals surface area contributed by atoms with E-state index in [4.69, 9.17) is 14.0 Å². The van der Waals surface area contributed by atoms with E-state index < -0.39 is 19.6 Å². The van der Waals surface area contributed by atoms with Crippen LogP contribution < -0.4 is 0 Å². The highest BCUT2D eigenvalue weighted by Crippen LogP contribution is 2.63. The molecule has 1 aromatic carbocycles. The number of hydrogen-bond donors (Lipinski definition) is 0. The van der Waals surface area contributed by atoms with Gasteiger partial charge in [0.15, 0.2) is 5.79 Å². The summed E-state index contributed by atoms with van der Waals surface area (Å²) < 4.78 is 34.8. The van der Waals surface area contributed by atoms with E-state index in [9.17, 15) is 14.7 Å². The zero-order chi connectivity index (χ0) is 20.9. The number of ether oxygens (including phenoxy) is 2. The van der Waals surface area contributed by atoms with Gasteiger partial charge in [-0.3, -0.25) is 19.2 Å². The molecule has 3 saturated heterocycles. The summed E-state index contributed by atoms with van der Waals surface area (Å²) in [5.41, 5.74) is 1.70. The Morgan fingerprint density at radius 1 is 1.17 bits per heavy atom. The van der Waals surface area contributed by atoms with Crippen LogP contribution in [0.4, 0.5) is 5.69 Å². The average Bonchev–Trinajstić information content (AvgIpc) is 3.66. The molecular formula is C20H28N3O6P. The lowest BCUT2D eigenvalue weighted by molar-refractivity contribution is -0.385. The molecule has 1 aliphatic carbocycles. The minimum absolute atomic E-state index is 0.0714. The van der Waals surface area contributed by atoms with Gasteiger partial charge in [0.1, 0.15) is 0 Å². The predicted molar refractivity (Wildman–Crippen MR) is 109 cm³/mol. The van der Waals surface area contributed by atoms with Crippen LogP contribution >= 0.6 is 7.67 Å². The minimum Gasteiger partial charge on any atom is -0.348 e. The number of nitro groups is 1. The average molecular weight is 437 g/mol. The van der Waals surface area contributed by atoms with Gasteiger partial charge in [0.25, 0.3) is 5.69 Å². The Labute approximate surface area is 176 Å². The first-order valence-electron chi connectivity index (χ1n) is 10.8. The normalized spacial score (nSPS) is 25.5. The molecule has 1 atom stereocenters. The maximum absolute atomic E-state index is 13.3. The molecule has 4 aliphatic rings. The molecule has 1 aromatic rings. The van der Waals surface area contributed by atoms with E-state index in [1.54, 1.807) is 12.1 Å². The molecule has 10 heteroatoms. The lowest BCUT2D eigenvalue weighted by atomic mass is 9.80. The van der Waals surface area contributed by atoms with Gasteiger partial charge in [-0.05, 0) is 43.4 Å². The Hall–Kier alpha value is -1.35. The number of rotatable bonds is 7. The highest BCUT2D eigenvalue weighted by molar-refractivity contribution is 7.54. The summed E-state index contributed by atoms with van der Waals surface area (Å²) in [7, 11) is -2.96. The summed E-state index contributed by atoms with van der Waals surface area (Å²) in [6.45, 7) is 6.27. The molecular weight excluding hydrogens is 409 g/mol. The van der Waals surface area contributed by atoms with E-state index >= 15 is 0 Å². The molecule has 0 bridgehead atoms. The Bertz CT molecular complexity index is 855. The fourth-order valence-corrected chi connectivity index (χ4v) is 7.00. The molecule has 3 heterocycles. The van der Waals surface area contributed by atoms with Crippen molar-refractivity contribution in [3.8, 4) is 0 Å². The maximum atomic E-state index is 13.3. The third-order valence-electron chi connectivity index (χ3n) is 6.58. The van der Waals surface area contributed by atoms with Gasteiger partial charge in [0.2, 0.25) is 0 Å². The second-order valence-corrected chi connectivity index (χ2v) is 10.9. The first kappa shape index (κ1) is 20.5. The van der Waals surface area contributed by atoms with Gasteiger partial charge in [-0.15, -0.1) is 0 Å². The van der Waals surface area contributed by atoms with Crippen LogP contribution in [0.3, 0.4) is 0 Å². The maximum Gasteiger partial charge on any atom is 0.346 e. The smallest absolute Gasteiger partial charge is 0.346 e. The standard InChI is InChI=1S/C20H28N3O6P/c1-15(29-30(26,21-8-9-21)22-10-11-22)17-2-3-19(23(24)25)18(14-17)16-4-6-20(7-5-16)27-12-13-28-20/h2-3,14-16H,4-13H2,1H3. The fraction of sp³-hybridized carbons (Fsp3) is 0.700. The molecule has 1 spiro atoms. The fourth-order valence-electron chi connectivity index (χ4n) is 4.65. The lowest BCUT2D eigenvalue weighted by Crippen LogP contribution is -2.34. The van der Waals surface area contributed by atoms with Crippen LogP contribution in [0.2, 0.25) is 0 Å². The van der Waals surface area contributed by atoms with Crippen LogP contribution in [-0.4, -0.2) is 59.4 Å². The molecule has 0 aromatic heterocycles. The predicted octanol–water partition coefficient (Wildman–Crippen LogP) is 3.81. The van der Waals surface area contributed by atoms with Gasteiger partial charge in [-0.25, -0.2) is 9.34 Å². The van der Waals surface area contributed by atoms with Gasteiger partial charge in [0.05, 0.1) is 24.2 Å². The summed E-state index contributed by atoms with van der Waals surface area (Å²) >= 11 is 0. The summed E-state index contributed by atoms with van der Waals surface area (Å²) in [4.78, 5) is 11.4. The largest absolute Gasteiger partial charge is 0.348 e. The van der Waals surface area contributed by atoms with Crippen molar-refractivity contribution in [3.05, 3.63) is 39.4 Å². The highest BCUT2D eigenvalue weighted by Gasteiger charge is 2.50. The number of benzene rings is 1. The van der Waals surface area contributed by atoms with Crippen LogP contribution in [0.15, 0.2) is 18.2 Å². The van der Waals surface area contributed by atoms with Crippen molar-refractivity contribution in [2.24, 2.45) is 0 Å². The van der Waals surface area contributed by atoms with Crippen LogP contribution in [0.1, 0.15) is 55.8 Å². The molecule has 4 fully saturated rings. The molecule has 0 amide bonds. The number of nitrogens with zero attached hydrogens (tertiary/aromatic N) is 3. The summed E-state index contributed by atoms with van der Waals surface area (Å²) in [5, 5.41) is 11.7. The quantitative estimate of drug-likeness (QED) is 0.275. The van der Waals surface area contributed by atoms with E-state index in [1.165, 1.54) is 0 Å². The molecule has 1 unspecified atom stereocenters. The molecule has 0 N–H and O–H groups in total.